The summed E-state index contributed by atoms with van der Waals surface area (Å²) in [6, 6.07) is 1.58. The number of hydrogen-bond acceptors (Lipinski definition) is 3. The van der Waals surface area contributed by atoms with Crippen LogP contribution in [0, 0.1) is 17.5 Å². The number of rotatable bonds is 5. The third-order valence-electron chi connectivity index (χ3n) is 3.00. The summed E-state index contributed by atoms with van der Waals surface area (Å²) in [6.45, 7) is 4.88. The molecule has 0 saturated carbocycles. The molecule has 23 heavy (non-hydrogen) atoms. The topological polar surface area (TPSA) is 66.5 Å². The standard InChI is InChI=1S/C14H19F3N2O3S/c1-14(2,3)19(23(4,21)22)8-7-11(20)18-10-6-5-9(15)12(16)13(10)17/h5-6H,7-8H2,1-4H3,(H,18,20). The highest BCUT2D eigenvalue weighted by Gasteiger charge is 2.29. The van der Waals surface area contributed by atoms with Gasteiger partial charge in [0.2, 0.25) is 15.9 Å². The minimum absolute atomic E-state index is 0.126. The van der Waals surface area contributed by atoms with Crippen molar-refractivity contribution >= 4 is 21.6 Å². The van der Waals surface area contributed by atoms with Gasteiger partial charge in [0.1, 0.15) is 0 Å². The van der Waals surface area contributed by atoms with Crippen LogP contribution in [0.1, 0.15) is 27.2 Å². The van der Waals surface area contributed by atoms with Gasteiger partial charge in [-0.3, -0.25) is 4.79 Å². The predicted octanol–water partition coefficient (Wildman–Crippen LogP) is 2.49. The summed E-state index contributed by atoms with van der Waals surface area (Å²) in [5, 5.41) is 2.09. The van der Waals surface area contributed by atoms with E-state index in [0.29, 0.717) is 6.07 Å². The Morgan fingerprint density at radius 3 is 2.22 bits per heavy atom. The highest BCUT2D eigenvalue weighted by Crippen LogP contribution is 2.21. The Morgan fingerprint density at radius 1 is 1.17 bits per heavy atom. The predicted molar refractivity (Wildman–Crippen MR) is 80.9 cm³/mol. The van der Waals surface area contributed by atoms with Crippen molar-refractivity contribution < 1.29 is 26.4 Å². The lowest BCUT2D eigenvalue weighted by molar-refractivity contribution is -0.116. The zero-order valence-electron chi connectivity index (χ0n) is 13.3. The van der Waals surface area contributed by atoms with Crippen LogP contribution in [0.2, 0.25) is 0 Å². The van der Waals surface area contributed by atoms with E-state index < -0.39 is 44.6 Å². The molecule has 0 fully saturated rings. The molecular formula is C14H19F3N2O3S. The van der Waals surface area contributed by atoms with Crippen LogP contribution < -0.4 is 5.32 Å². The number of carbonyl (C=O) groups excluding carboxylic acids is 1. The smallest absolute Gasteiger partial charge is 0.225 e. The fourth-order valence-electron chi connectivity index (χ4n) is 2.04. The number of sulfonamides is 1. The van der Waals surface area contributed by atoms with Crippen molar-refractivity contribution in [2.75, 3.05) is 18.1 Å². The molecule has 0 unspecified atom stereocenters. The van der Waals surface area contributed by atoms with E-state index in [0.717, 1.165) is 16.6 Å². The van der Waals surface area contributed by atoms with Crippen LogP contribution in [-0.4, -0.2) is 37.0 Å². The average Bonchev–Trinajstić information content (AvgIpc) is 2.36. The lowest BCUT2D eigenvalue weighted by atomic mass is 10.1. The van der Waals surface area contributed by atoms with E-state index in [9.17, 15) is 26.4 Å². The van der Waals surface area contributed by atoms with E-state index in [-0.39, 0.29) is 13.0 Å². The van der Waals surface area contributed by atoms with Gasteiger partial charge in [-0.05, 0) is 32.9 Å². The first kappa shape index (κ1) is 19.4. The van der Waals surface area contributed by atoms with E-state index in [2.05, 4.69) is 5.32 Å². The lowest BCUT2D eigenvalue weighted by Crippen LogP contribution is -2.46. The van der Waals surface area contributed by atoms with E-state index in [4.69, 9.17) is 0 Å². The fraction of sp³-hybridized carbons (Fsp3) is 0.500. The van der Waals surface area contributed by atoms with Gasteiger partial charge in [-0.25, -0.2) is 21.6 Å². The Hall–Kier alpha value is -1.61. The lowest BCUT2D eigenvalue weighted by Gasteiger charge is -2.33. The molecular weight excluding hydrogens is 333 g/mol. The summed E-state index contributed by atoms with van der Waals surface area (Å²) in [4.78, 5) is 11.8. The summed E-state index contributed by atoms with van der Waals surface area (Å²) in [6.07, 6.45) is 0.758. The van der Waals surface area contributed by atoms with Gasteiger partial charge in [-0.15, -0.1) is 0 Å². The van der Waals surface area contributed by atoms with Crippen LogP contribution >= 0.6 is 0 Å². The molecule has 1 aromatic carbocycles. The van der Waals surface area contributed by atoms with Crippen LogP contribution in [0.4, 0.5) is 18.9 Å². The zero-order valence-corrected chi connectivity index (χ0v) is 14.1. The van der Waals surface area contributed by atoms with Crippen molar-refractivity contribution in [2.24, 2.45) is 0 Å². The minimum atomic E-state index is -3.54. The number of benzene rings is 1. The quantitative estimate of drug-likeness (QED) is 0.828. The molecule has 0 atom stereocenters. The fourth-order valence-corrected chi connectivity index (χ4v) is 3.45. The number of nitrogens with one attached hydrogen (secondary N) is 1. The largest absolute Gasteiger partial charge is 0.323 e. The molecule has 0 saturated heterocycles. The molecule has 0 aromatic heterocycles. The van der Waals surface area contributed by atoms with Crippen molar-refractivity contribution in [3.63, 3.8) is 0 Å². The second kappa shape index (κ2) is 6.88. The molecule has 0 radical (unpaired) electrons. The van der Waals surface area contributed by atoms with Gasteiger partial charge in [-0.2, -0.15) is 4.31 Å². The van der Waals surface area contributed by atoms with Gasteiger partial charge in [0.05, 0.1) is 11.9 Å². The normalized spacial score (nSPS) is 12.5. The van der Waals surface area contributed by atoms with Crippen LogP contribution in [0.3, 0.4) is 0 Å². The molecule has 9 heteroatoms. The van der Waals surface area contributed by atoms with Crippen LogP contribution in [0.5, 0.6) is 0 Å². The zero-order chi connectivity index (χ0) is 18.0. The molecule has 0 heterocycles. The number of anilines is 1. The SMILES string of the molecule is CC(C)(C)N(CCC(=O)Nc1ccc(F)c(F)c1F)S(C)(=O)=O. The molecule has 1 N–H and O–H groups in total. The molecule has 130 valence electrons. The second-order valence-corrected chi connectivity index (χ2v) is 7.93. The highest BCUT2D eigenvalue weighted by atomic mass is 32.2. The Kier molecular flexibility index (Phi) is 5.81. The van der Waals surface area contributed by atoms with Crippen molar-refractivity contribution in [1.82, 2.24) is 4.31 Å². The average molecular weight is 352 g/mol. The van der Waals surface area contributed by atoms with Gasteiger partial charge >= 0.3 is 0 Å². The molecule has 0 bridgehead atoms. The van der Waals surface area contributed by atoms with E-state index in [1.54, 1.807) is 20.8 Å². The first-order valence-electron chi connectivity index (χ1n) is 6.75. The van der Waals surface area contributed by atoms with Gasteiger partial charge in [0.25, 0.3) is 0 Å². The van der Waals surface area contributed by atoms with E-state index >= 15 is 0 Å². The number of carbonyl (C=O) groups is 1. The maximum Gasteiger partial charge on any atom is 0.225 e. The highest BCUT2D eigenvalue weighted by molar-refractivity contribution is 7.88. The van der Waals surface area contributed by atoms with Gasteiger partial charge in [0.15, 0.2) is 17.5 Å². The number of hydrogen-bond donors (Lipinski definition) is 1. The Labute approximate surface area is 133 Å². The summed E-state index contributed by atoms with van der Waals surface area (Å²) in [5.74, 6) is -5.27. The molecule has 1 aromatic rings. The van der Waals surface area contributed by atoms with Crippen molar-refractivity contribution in [1.29, 1.82) is 0 Å². The van der Waals surface area contributed by atoms with Crippen LogP contribution in [0.25, 0.3) is 0 Å². The van der Waals surface area contributed by atoms with E-state index in [1.165, 1.54) is 0 Å². The van der Waals surface area contributed by atoms with E-state index in [1.807, 2.05) is 0 Å². The number of nitrogens with zero attached hydrogens (tertiary/aromatic N) is 1. The molecule has 0 aliphatic carbocycles. The molecule has 0 spiro atoms. The summed E-state index contributed by atoms with van der Waals surface area (Å²) < 4.78 is 63.9. The maximum absolute atomic E-state index is 13.5. The van der Waals surface area contributed by atoms with Crippen molar-refractivity contribution in [3.05, 3.63) is 29.6 Å². The summed E-state index contributed by atoms with van der Waals surface area (Å²) >= 11 is 0. The third-order valence-corrected chi connectivity index (χ3v) is 4.53. The first-order valence-corrected chi connectivity index (χ1v) is 8.60. The number of amides is 1. The molecule has 0 aliphatic heterocycles. The second-order valence-electron chi connectivity index (χ2n) is 6.03. The monoisotopic (exact) mass is 352 g/mol. The van der Waals surface area contributed by atoms with Crippen LogP contribution in [-0.2, 0) is 14.8 Å². The Morgan fingerprint density at radius 2 is 1.74 bits per heavy atom. The molecule has 5 nitrogen and oxygen atoms in total. The van der Waals surface area contributed by atoms with Crippen LogP contribution in [0.15, 0.2) is 12.1 Å². The van der Waals surface area contributed by atoms with Crippen molar-refractivity contribution in [2.45, 2.75) is 32.7 Å². The minimum Gasteiger partial charge on any atom is -0.323 e. The third kappa shape index (κ3) is 5.21. The molecule has 1 rings (SSSR count). The molecule has 0 aliphatic rings. The number of halogens is 3. The van der Waals surface area contributed by atoms with Gasteiger partial charge in [-0.1, -0.05) is 0 Å². The van der Waals surface area contributed by atoms with Gasteiger partial charge < -0.3 is 5.32 Å². The summed E-state index contributed by atoms with van der Waals surface area (Å²) in [7, 11) is -3.54. The first-order chi connectivity index (χ1) is 10.3. The Bertz CT molecular complexity index is 700. The summed E-state index contributed by atoms with van der Waals surface area (Å²) in [5.41, 5.74) is -1.24. The molecule has 1 amide bonds. The van der Waals surface area contributed by atoms with Crippen molar-refractivity contribution in [3.8, 4) is 0 Å². The Balaban J connectivity index is 2.80. The van der Waals surface area contributed by atoms with Gasteiger partial charge in [0, 0.05) is 18.5 Å². The maximum atomic E-state index is 13.5.